The lowest BCUT2D eigenvalue weighted by atomic mass is 10.0. The van der Waals surface area contributed by atoms with Crippen LogP contribution in [0.2, 0.25) is 0 Å². The fourth-order valence-electron chi connectivity index (χ4n) is 2.42. The molecule has 2 aromatic carbocycles. The topological polar surface area (TPSA) is 46.3 Å². The van der Waals surface area contributed by atoms with E-state index in [2.05, 4.69) is 0 Å². The molecule has 21 heavy (non-hydrogen) atoms. The number of aryl methyl sites for hydroxylation is 1. The zero-order valence-corrected chi connectivity index (χ0v) is 12.7. The van der Waals surface area contributed by atoms with Crippen molar-refractivity contribution >= 4 is 11.6 Å². The monoisotopic (exact) mass is 282 g/mol. The molecule has 0 aromatic heterocycles. The number of hydrogen-bond acceptors (Lipinski definition) is 2. The molecule has 110 valence electrons. The van der Waals surface area contributed by atoms with Gasteiger partial charge in [-0.2, -0.15) is 0 Å². The Morgan fingerprint density at radius 3 is 2.24 bits per heavy atom. The molecular weight excluding hydrogens is 260 g/mol. The smallest absolute Gasteiger partial charge is 0.231 e. The first-order chi connectivity index (χ1) is 10.2. The molecule has 0 radical (unpaired) electrons. The van der Waals surface area contributed by atoms with Gasteiger partial charge in [0.1, 0.15) is 0 Å². The van der Waals surface area contributed by atoms with E-state index in [4.69, 9.17) is 5.73 Å². The standard InChI is InChI=1S/C18H22N2O/c1-3-20(17-10-8-14(2)9-11-17)18(21)12-15-6-4-5-7-16(15)13-19/h4-11H,3,12-13,19H2,1-2H3. The van der Waals surface area contributed by atoms with E-state index < -0.39 is 0 Å². The highest BCUT2D eigenvalue weighted by atomic mass is 16.2. The molecule has 0 fully saturated rings. The van der Waals surface area contributed by atoms with E-state index in [9.17, 15) is 4.79 Å². The van der Waals surface area contributed by atoms with Crippen LogP contribution < -0.4 is 10.6 Å². The number of hydrogen-bond donors (Lipinski definition) is 1. The van der Waals surface area contributed by atoms with Gasteiger partial charge in [0, 0.05) is 18.8 Å². The molecule has 2 N–H and O–H groups in total. The minimum Gasteiger partial charge on any atom is -0.326 e. The Labute approximate surface area is 126 Å². The first kappa shape index (κ1) is 15.3. The molecule has 0 aliphatic rings. The van der Waals surface area contributed by atoms with E-state index >= 15 is 0 Å². The van der Waals surface area contributed by atoms with Crippen LogP contribution in [0.4, 0.5) is 5.69 Å². The summed E-state index contributed by atoms with van der Waals surface area (Å²) in [7, 11) is 0. The Morgan fingerprint density at radius 1 is 1.05 bits per heavy atom. The van der Waals surface area contributed by atoms with E-state index in [-0.39, 0.29) is 5.91 Å². The first-order valence-corrected chi connectivity index (χ1v) is 7.29. The van der Waals surface area contributed by atoms with Crippen LogP contribution in [0.5, 0.6) is 0 Å². The maximum atomic E-state index is 12.6. The van der Waals surface area contributed by atoms with Gasteiger partial charge in [0.25, 0.3) is 0 Å². The molecule has 0 aliphatic heterocycles. The third kappa shape index (κ3) is 3.70. The molecule has 3 nitrogen and oxygen atoms in total. The molecule has 1 amide bonds. The predicted molar refractivity (Wildman–Crippen MR) is 87.2 cm³/mol. The Kier molecular flexibility index (Phi) is 5.12. The fourth-order valence-corrected chi connectivity index (χ4v) is 2.42. The summed E-state index contributed by atoms with van der Waals surface area (Å²) < 4.78 is 0. The van der Waals surface area contributed by atoms with Gasteiger partial charge >= 0.3 is 0 Å². The van der Waals surface area contributed by atoms with Crippen molar-refractivity contribution in [2.24, 2.45) is 5.73 Å². The average Bonchev–Trinajstić information content (AvgIpc) is 2.50. The van der Waals surface area contributed by atoms with Gasteiger partial charge in [-0.1, -0.05) is 42.0 Å². The van der Waals surface area contributed by atoms with Crippen molar-refractivity contribution in [3.63, 3.8) is 0 Å². The number of rotatable bonds is 5. The van der Waals surface area contributed by atoms with E-state index in [1.807, 2.05) is 67.3 Å². The molecule has 0 aliphatic carbocycles. The second-order valence-electron chi connectivity index (χ2n) is 5.12. The predicted octanol–water partition coefficient (Wildman–Crippen LogP) is 3.05. The maximum Gasteiger partial charge on any atom is 0.231 e. The Hall–Kier alpha value is -2.13. The molecule has 0 unspecified atom stereocenters. The number of nitrogens with two attached hydrogens (primary N) is 1. The minimum atomic E-state index is 0.0993. The number of carbonyl (C=O) groups excluding carboxylic acids is 1. The largest absolute Gasteiger partial charge is 0.326 e. The fraction of sp³-hybridized carbons (Fsp3) is 0.278. The number of amides is 1. The van der Waals surface area contributed by atoms with Gasteiger partial charge in [0.15, 0.2) is 0 Å². The van der Waals surface area contributed by atoms with Crippen molar-refractivity contribution < 1.29 is 4.79 Å². The second kappa shape index (κ2) is 7.04. The number of benzene rings is 2. The maximum absolute atomic E-state index is 12.6. The number of nitrogens with zero attached hydrogens (tertiary/aromatic N) is 1. The van der Waals surface area contributed by atoms with Crippen molar-refractivity contribution in [1.82, 2.24) is 0 Å². The van der Waals surface area contributed by atoms with Crippen LogP contribution in [0.3, 0.4) is 0 Å². The molecule has 3 heteroatoms. The zero-order chi connectivity index (χ0) is 15.2. The van der Waals surface area contributed by atoms with E-state index in [1.165, 1.54) is 5.56 Å². The summed E-state index contributed by atoms with van der Waals surface area (Å²) in [5.74, 6) is 0.0993. The van der Waals surface area contributed by atoms with Gasteiger partial charge in [-0.3, -0.25) is 4.79 Å². The lowest BCUT2D eigenvalue weighted by molar-refractivity contribution is -0.117. The van der Waals surface area contributed by atoms with Gasteiger partial charge in [-0.05, 0) is 37.1 Å². The molecule has 0 bridgehead atoms. The zero-order valence-electron chi connectivity index (χ0n) is 12.7. The van der Waals surface area contributed by atoms with E-state index in [0.29, 0.717) is 19.5 Å². The number of likely N-dealkylation sites (N-methyl/N-ethyl adjacent to an activating group) is 1. The highest BCUT2D eigenvalue weighted by molar-refractivity contribution is 5.94. The van der Waals surface area contributed by atoms with Crippen LogP contribution in [0, 0.1) is 6.92 Å². The normalized spacial score (nSPS) is 10.4. The summed E-state index contributed by atoms with van der Waals surface area (Å²) in [5.41, 5.74) is 9.91. The first-order valence-electron chi connectivity index (χ1n) is 7.29. The minimum absolute atomic E-state index is 0.0993. The van der Waals surface area contributed by atoms with Crippen LogP contribution in [0.25, 0.3) is 0 Å². The average molecular weight is 282 g/mol. The van der Waals surface area contributed by atoms with Crippen LogP contribution >= 0.6 is 0 Å². The Morgan fingerprint density at radius 2 is 1.67 bits per heavy atom. The van der Waals surface area contributed by atoms with Crippen molar-refractivity contribution in [3.8, 4) is 0 Å². The number of anilines is 1. The molecular formula is C18H22N2O. The highest BCUT2D eigenvalue weighted by Crippen LogP contribution is 2.17. The lowest BCUT2D eigenvalue weighted by Crippen LogP contribution is -2.32. The summed E-state index contributed by atoms with van der Waals surface area (Å²) in [4.78, 5) is 14.4. The molecule has 0 saturated carbocycles. The third-order valence-corrected chi connectivity index (χ3v) is 3.64. The van der Waals surface area contributed by atoms with Crippen LogP contribution in [0.15, 0.2) is 48.5 Å². The van der Waals surface area contributed by atoms with Gasteiger partial charge in [0.2, 0.25) is 5.91 Å². The van der Waals surface area contributed by atoms with Crippen LogP contribution in [-0.2, 0) is 17.8 Å². The van der Waals surface area contributed by atoms with Crippen molar-refractivity contribution in [2.75, 3.05) is 11.4 Å². The lowest BCUT2D eigenvalue weighted by Gasteiger charge is -2.22. The quantitative estimate of drug-likeness (QED) is 0.916. The molecule has 0 saturated heterocycles. The van der Waals surface area contributed by atoms with Gasteiger partial charge in [-0.15, -0.1) is 0 Å². The summed E-state index contributed by atoms with van der Waals surface area (Å²) in [6, 6.07) is 15.9. The van der Waals surface area contributed by atoms with Crippen molar-refractivity contribution in [3.05, 3.63) is 65.2 Å². The van der Waals surface area contributed by atoms with Crippen LogP contribution in [-0.4, -0.2) is 12.5 Å². The van der Waals surface area contributed by atoms with Crippen molar-refractivity contribution in [1.29, 1.82) is 0 Å². The molecule has 2 aromatic rings. The summed E-state index contributed by atoms with van der Waals surface area (Å²) >= 11 is 0. The Bertz CT molecular complexity index is 605. The molecule has 0 atom stereocenters. The number of carbonyl (C=O) groups is 1. The van der Waals surface area contributed by atoms with Gasteiger partial charge in [0.05, 0.1) is 6.42 Å². The Balaban J connectivity index is 2.19. The highest BCUT2D eigenvalue weighted by Gasteiger charge is 2.15. The van der Waals surface area contributed by atoms with Crippen molar-refractivity contribution in [2.45, 2.75) is 26.8 Å². The molecule has 0 spiro atoms. The van der Waals surface area contributed by atoms with Gasteiger partial charge in [-0.25, -0.2) is 0 Å². The van der Waals surface area contributed by atoms with Crippen LogP contribution in [0.1, 0.15) is 23.6 Å². The summed E-state index contributed by atoms with van der Waals surface area (Å²) in [6.45, 7) is 5.15. The molecule has 0 heterocycles. The second-order valence-corrected chi connectivity index (χ2v) is 5.12. The van der Waals surface area contributed by atoms with E-state index in [1.54, 1.807) is 0 Å². The van der Waals surface area contributed by atoms with Gasteiger partial charge < -0.3 is 10.6 Å². The summed E-state index contributed by atoms with van der Waals surface area (Å²) in [6.07, 6.45) is 0.384. The van der Waals surface area contributed by atoms with E-state index in [0.717, 1.165) is 16.8 Å². The molecule has 2 rings (SSSR count). The summed E-state index contributed by atoms with van der Waals surface area (Å²) in [5, 5.41) is 0. The SMILES string of the molecule is CCN(C(=O)Cc1ccccc1CN)c1ccc(C)cc1. The third-order valence-electron chi connectivity index (χ3n) is 3.64.